The maximum atomic E-state index is 11.7. The van der Waals surface area contributed by atoms with Crippen LogP contribution in [0.15, 0.2) is 0 Å². The average molecular weight is 412 g/mol. The summed E-state index contributed by atoms with van der Waals surface area (Å²) >= 11 is 0. The summed E-state index contributed by atoms with van der Waals surface area (Å²) in [7, 11) is -13.9. The predicted molar refractivity (Wildman–Crippen MR) is 82.8 cm³/mol. The monoisotopic (exact) mass is 412 g/mol. The number of hydrogen-bond acceptors (Lipinski definition) is 7. The summed E-state index contributed by atoms with van der Waals surface area (Å²) < 4.78 is 61.4. The lowest BCUT2D eigenvalue weighted by molar-refractivity contribution is -0.148. The Balaban J connectivity index is 4.31. The van der Waals surface area contributed by atoms with Gasteiger partial charge in [-0.3, -0.25) is 13.9 Å². The minimum atomic E-state index is -5.11. The molecular weight excluding hydrogens is 390 g/mol. The number of phosphoric acid groups is 1. The van der Waals surface area contributed by atoms with Crippen LogP contribution in [0.25, 0.3) is 0 Å². The molecule has 0 saturated carbocycles. The van der Waals surface area contributed by atoms with E-state index in [-0.39, 0.29) is 25.9 Å². The maximum absolute atomic E-state index is 11.7. The number of rotatable bonds is 11. The molecule has 3 atom stereocenters. The summed E-state index contributed by atoms with van der Waals surface area (Å²) in [6, 6.07) is 0. The Morgan fingerprint density at radius 1 is 1.21 bits per heavy atom. The van der Waals surface area contributed by atoms with Gasteiger partial charge >= 0.3 is 21.4 Å². The first kappa shape index (κ1) is 23.7. The number of esters is 1. The number of carbonyl (C=O) groups is 1. The van der Waals surface area contributed by atoms with E-state index in [2.05, 4.69) is 4.31 Å². The van der Waals surface area contributed by atoms with Gasteiger partial charge in [-0.2, -0.15) is 8.42 Å². The fraction of sp³-hybridized carbons (Fsp3) is 0.900. The van der Waals surface area contributed by atoms with Gasteiger partial charge in [-0.05, 0) is 19.3 Å². The van der Waals surface area contributed by atoms with E-state index in [1.54, 1.807) is 0 Å². The molecule has 11 nitrogen and oxygen atoms in total. The molecule has 0 rings (SSSR count). The van der Waals surface area contributed by atoms with Crippen LogP contribution in [-0.4, -0.2) is 51.6 Å². The summed E-state index contributed by atoms with van der Waals surface area (Å²) in [5.74, 6) is -1.59. The molecule has 0 aromatic heterocycles. The molecule has 0 spiro atoms. The molecule has 0 heterocycles. The van der Waals surface area contributed by atoms with Gasteiger partial charge in [0, 0.05) is 0 Å². The van der Waals surface area contributed by atoms with Crippen molar-refractivity contribution in [1.29, 1.82) is 0 Å². The molecule has 0 radical (unpaired) electrons. The molecule has 0 saturated heterocycles. The molecular formula is C10H22O11P2S. The van der Waals surface area contributed by atoms with Crippen molar-refractivity contribution in [2.45, 2.75) is 38.4 Å². The summed E-state index contributed by atoms with van der Waals surface area (Å²) in [4.78, 5) is 37.8. The molecule has 0 bridgehead atoms. The summed E-state index contributed by atoms with van der Waals surface area (Å²) in [6.07, 6.45) is -0.859. The van der Waals surface area contributed by atoms with Crippen LogP contribution in [-0.2, 0) is 33.1 Å². The van der Waals surface area contributed by atoms with Crippen LogP contribution in [0.3, 0.4) is 0 Å². The van der Waals surface area contributed by atoms with Crippen molar-refractivity contribution < 1.29 is 50.6 Å². The second kappa shape index (κ2) is 9.40. The highest BCUT2D eigenvalue weighted by Gasteiger charge is 2.30. The van der Waals surface area contributed by atoms with Gasteiger partial charge in [-0.15, -0.1) is 0 Å². The third-order valence-corrected chi connectivity index (χ3v) is 7.08. The quantitative estimate of drug-likeness (QED) is 0.164. The minimum Gasteiger partial charge on any atom is -0.465 e. The van der Waals surface area contributed by atoms with E-state index in [0.717, 1.165) is 0 Å². The van der Waals surface area contributed by atoms with Crippen LogP contribution in [0.5, 0.6) is 0 Å². The van der Waals surface area contributed by atoms with Crippen LogP contribution in [0, 0.1) is 5.92 Å². The Kier molecular flexibility index (Phi) is 9.27. The lowest BCUT2D eigenvalue weighted by Gasteiger charge is -2.17. The van der Waals surface area contributed by atoms with Gasteiger partial charge in [0.2, 0.25) is 0 Å². The van der Waals surface area contributed by atoms with E-state index in [4.69, 9.17) is 19.1 Å². The molecule has 0 fully saturated rings. The fourth-order valence-corrected chi connectivity index (χ4v) is 4.91. The number of hydrogen-bond donors (Lipinski definition) is 4. The largest absolute Gasteiger partial charge is 0.476 e. The topological polar surface area (TPSA) is 185 Å². The Morgan fingerprint density at radius 2 is 1.75 bits per heavy atom. The highest BCUT2D eigenvalue weighted by atomic mass is 32.2. The molecule has 144 valence electrons. The van der Waals surface area contributed by atoms with Crippen molar-refractivity contribution in [2.24, 2.45) is 5.92 Å². The molecule has 4 N–H and O–H groups in total. The minimum absolute atomic E-state index is 0.115. The van der Waals surface area contributed by atoms with E-state index in [0.29, 0.717) is 0 Å². The highest BCUT2D eigenvalue weighted by molar-refractivity contribution is 7.86. The van der Waals surface area contributed by atoms with Gasteiger partial charge in [0.1, 0.15) is 0 Å². The Hall–Kier alpha value is -0.320. The second-order valence-corrected chi connectivity index (χ2v) is 10.2. The Labute approximate surface area is 139 Å². The molecule has 0 aliphatic rings. The van der Waals surface area contributed by atoms with Gasteiger partial charge in [0.05, 0.1) is 23.9 Å². The van der Waals surface area contributed by atoms with Crippen LogP contribution >= 0.6 is 15.4 Å². The van der Waals surface area contributed by atoms with E-state index in [1.165, 1.54) is 13.8 Å². The lowest BCUT2D eigenvalue weighted by Crippen LogP contribution is -2.26. The van der Waals surface area contributed by atoms with Crippen molar-refractivity contribution in [2.75, 3.05) is 12.8 Å². The summed E-state index contributed by atoms with van der Waals surface area (Å²) in [5, 5.41) is -1.10. The van der Waals surface area contributed by atoms with Crippen LogP contribution in [0.2, 0.25) is 0 Å². The van der Waals surface area contributed by atoms with Gasteiger partial charge in [0.25, 0.3) is 10.1 Å². The van der Waals surface area contributed by atoms with Crippen molar-refractivity contribution in [3.05, 3.63) is 0 Å². The first-order chi connectivity index (χ1) is 10.7. The van der Waals surface area contributed by atoms with Gasteiger partial charge in [-0.25, -0.2) is 8.88 Å². The van der Waals surface area contributed by atoms with E-state index in [1.807, 2.05) is 0 Å². The maximum Gasteiger partial charge on any atom is 0.476 e. The Bertz CT molecular complexity index is 610. The number of carbonyl (C=O) groups excluding carboxylic acids is 1. The van der Waals surface area contributed by atoms with Gasteiger partial charge in [-0.1, -0.05) is 13.8 Å². The van der Waals surface area contributed by atoms with Gasteiger partial charge < -0.3 is 19.4 Å². The molecule has 0 aromatic carbocycles. The summed E-state index contributed by atoms with van der Waals surface area (Å²) in [5.41, 5.74) is 0. The highest BCUT2D eigenvalue weighted by Crippen LogP contribution is 2.56. The molecule has 0 aliphatic heterocycles. The molecule has 0 amide bonds. The van der Waals surface area contributed by atoms with Crippen molar-refractivity contribution in [1.82, 2.24) is 0 Å². The second-order valence-electron chi connectivity index (χ2n) is 5.14. The van der Waals surface area contributed by atoms with Crippen LogP contribution < -0.4 is 0 Å². The van der Waals surface area contributed by atoms with Crippen molar-refractivity contribution >= 4 is 31.5 Å². The van der Waals surface area contributed by atoms with Crippen molar-refractivity contribution in [3.8, 4) is 0 Å². The third-order valence-electron chi connectivity index (χ3n) is 2.96. The molecule has 14 heteroatoms. The van der Waals surface area contributed by atoms with Crippen molar-refractivity contribution in [3.63, 3.8) is 0 Å². The third kappa shape index (κ3) is 10.5. The molecule has 0 aliphatic carbocycles. The van der Waals surface area contributed by atoms with E-state index in [9.17, 15) is 27.2 Å². The van der Waals surface area contributed by atoms with E-state index < -0.39 is 48.8 Å². The standard InChI is InChI=1S/C10H22O11P2S/c1-3-9(24(17,18)19)7-8(2)10(11)20-5-4-6-22(12,13)21-23(14,15)16/h8-9H,3-7H2,1-2H3,(H,12,13)(H2,14,15,16)(H,17,18,19). The van der Waals surface area contributed by atoms with Crippen LogP contribution in [0.1, 0.15) is 33.1 Å². The normalized spacial score (nSPS) is 17.8. The predicted octanol–water partition coefficient (Wildman–Crippen LogP) is 0.907. The number of ether oxygens (including phenoxy) is 1. The molecule has 24 heavy (non-hydrogen) atoms. The summed E-state index contributed by atoms with van der Waals surface area (Å²) in [6.45, 7) is 2.63. The average Bonchev–Trinajstić information content (AvgIpc) is 2.36. The lowest BCUT2D eigenvalue weighted by atomic mass is 10.0. The van der Waals surface area contributed by atoms with Gasteiger partial charge in [0.15, 0.2) is 0 Å². The Morgan fingerprint density at radius 3 is 2.17 bits per heavy atom. The zero-order valence-electron chi connectivity index (χ0n) is 13.1. The first-order valence-electron chi connectivity index (χ1n) is 6.89. The first-order valence-corrected chi connectivity index (χ1v) is 11.7. The molecule has 3 unspecified atom stereocenters. The molecule has 0 aromatic rings. The zero-order valence-corrected chi connectivity index (χ0v) is 15.7. The fourth-order valence-electron chi connectivity index (χ4n) is 1.78. The van der Waals surface area contributed by atoms with Crippen LogP contribution in [0.4, 0.5) is 0 Å². The SMILES string of the molecule is CCC(CC(C)C(=O)OCCCP(=O)(O)OP(=O)(O)O)S(=O)(=O)O. The smallest absolute Gasteiger partial charge is 0.465 e. The van der Waals surface area contributed by atoms with E-state index >= 15 is 0 Å². The zero-order chi connectivity index (χ0) is 19.2.